The molecule has 4 aromatic carbocycles. The van der Waals surface area contributed by atoms with Gasteiger partial charge in [-0.1, -0.05) is 69.2 Å². The molecule has 12 heteroatoms. The Morgan fingerprint density at radius 2 is 0.593 bits per heavy atom. The fraction of sp³-hybridized carbons (Fsp3) is 0.429. The van der Waals surface area contributed by atoms with Crippen molar-refractivity contribution in [2.24, 2.45) is 0 Å². The van der Waals surface area contributed by atoms with Crippen molar-refractivity contribution in [2.45, 2.75) is 114 Å². The summed E-state index contributed by atoms with van der Waals surface area (Å²) in [4.78, 5) is 0. The molecule has 0 saturated carbocycles. The number of fused-ring (bicyclic) bond motifs is 8. The van der Waals surface area contributed by atoms with Crippen LogP contribution in [0.4, 0.5) is 0 Å². The summed E-state index contributed by atoms with van der Waals surface area (Å²) in [6.07, 6.45) is 0. The van der Waals surface area contributed by atoms with Gasteiger partial charge in [-0.3, -0.25) is 0 Å². The number of halogens is 2. The molecule has 8 nitrogen and oxygen atoms in total. The summed E-state index contributed by atoms with van der Waals surface area (Å²) in [6.45, 7) is 19.4. The molecule has 0 aromatic heterocycles. The first-order chi connectivity index (χ1) is 24.9. The molecule has 0 amide bonds. The largest absolute Gasteiger partial charge is 0.507 e. The zero-order valence-electron chi connectivity index (χ0n) is 32.2. The molecule has 292 valence electrons. The lowest BCUT2D eigenvalue weighted by Gasteiger charge is -2.28. The van der Waals surface area contributed by atoms with Gasteiger partial charge < -0.3 is 40.9 Å². The van der Waals surface area contributed by atoms with Gasteiger partial charge in [0, 0.05) is 100 Å². The molecule has 0 spiro atoms. The first kappa shape index (κ1) is 42.1. The predicted molar refractivity (Wildman–Crippen MR) is 227 cm³/mol. The molecule has 0 aliphatic heterocycles. The lowest BCUT2D eigenvalue weighted by molar-refractivity contribution is 0.422. The zero-order valence-corrected chi connectivity index (χ0v) is 37.0. The van der Waals surface area contributed by atoms with Crippen molar-refractivity contribution in [1.29, 1.82) is 0 Å². The summed E-state index contributed by atoms with van der Waals surface area (Å²) in [5, 5.41) is 93.8. The molecule has 0 radical (unpaired) electrons. The monoisotopic (exact) mass is 904 g/mol. The maximum atomic E-state index is 11.9. The molecule has 8 N–H and O–H groups in total. The van der Waals surface area contributed by atoms with Crippen molar-refractivity contribution in [3.8, 4) is 46.0 Å². The second-order valence-electron chi connectivity index (χ2n) is 16.3. The second kappa shape index (κ2) is 15.1. The van der Waals surface area contributed by atoms with Gasteiger partial charge in [-0.15, -0.1) is 0 Å². The van der Waals surface area contributed by atoms with Gasteiger partial charge in [0.2, 0.25) is 0 Å². The van der Waals surface area contributed by atoms with Gasteiger partial charge in [0.1, 0.15) is 54.9 Å². The quantitative estimate of drug-likeness (QED) is 0.0989. The molecule has 1 aliphatic rings. The average Bonchev–Trinajstić information content (AvgIpc) is 3.07. The van der Waals surface area contributed by atoms with E-state index in [0.29, 0.717) is 55.6 Å². The molecule has 1 aliphatic carbocycles. The van der Waals surface area contributed by atoms with Crippen molar-refractivity contribution >= 4 is 55.4 Å². The second-order valence-corrected chi connectivity index (χ2v) is 21.5. The highest BCUT2D eigenvalue weighted by atomic mass is 79.9. The maximum Gasteiger partial charge on any atom is 0.137 e. The standard InChI is InChI=1S/C42H50Br2O8S2/c1-17-21-11-22(34(46)29(33(21)45)15-53-41(5,6)7)18(2)27-14-28(40(52)32(44)39(27)51)20(4)24-12-23(35(47)30(36(24)48)16-54-42(8,9)10)19(3)26-13-25(17)37(49)31(43)38(26)50/h11-14,17-20,45-52H,15-16H2,1-10H3. The van der Waals surface area contributed by atoms with E-state index < -0.39 is 23.7 Å². The predicted octanol–water partition coefficient (Wildman–Crippen LogP) is 11.8. The van der Waals surface area contributed by atoms with Gasteiger partial charge in [-0.05, 0) is 56.1 Å². The van der Waals surface area contributed by atoms with Gasteiger partial charge in [-0.2, -0.15) is 23.5 Å². The molecular weight excluding hydrogens is 856 g/mol. The summed E-state index contributed by atoms with van der Waals surface area (Å²) in [5.41, 5.74) is 3.69. The smallest absolute Gasteiger partial charge is 0.137 e. The number of rotatable bonds is 4. The van der Waals surface area contributed by atoms with Crippen LogP contribution in [0, 0.1) is 0 Å². The van der Waals surface area contributed by atoms with Crippen LogP contribution in [0.1, 0.15) is 149 Å². The van der Waals surface area contributed by atoms with Crippen LogP contribution in [0.25, 0.3) is 0 Å². The van der Waals surface area contributed by atoms with Crippen LogP contribution in [-0.2, 0) is 11.5 Å². The highest BCUT2D eigenvalue weighted by Crippen LogP contribution is 2.55. The van der Waals surface area contributed by atoms with Crippen molar-refractivity contribution in [3.05, 3.63) is 88.8 Å². The van der Waals surface area contributed by atoms with E-state index in [0.717, 1.165) is 0 Å². The molecule has 0 saturated heterocycles. The van der Waals surface area contributed by atoms with E-state index in [1.54, 1.807) is 24.3 Å². The van der Waals surface area contributed by atoms with Crippen LogP contribution >= 0.6 is 55.4 Å². The topological polar surface area (TPSA) is 162 Å². The summed E-state index contributed by atoms with van der Waals surface area (Å²) >= 11 is 9.88. The van der Waals surface area contributed by atoms with Crippen molar-refractivity contribution in [2.75, 3.05) is 0 Å². The number of aromatic hydroxyl groups is 8. The lowest BCUT2D eigenvalue weighted by atomic mass is 9.79. The molecule has 0 heterocycles. The summed E-state index contributed by atoms with van der Waals surface area (Å²) in [6, 6.07) is 6.66. The Hall–Kier alpha value is -3.06. The highest BCUT2D eigenvalue weighted by molar-refractivity contribution is 9.11. The molecule has 4 aromatic rings. The SMILES string of the molecule is CC1c2cc(c(O)c(Br)c2O)C(C)c2cc(c(O)c(CSC(C)(C)C)c2O)C(C)c2cc(c(O)c(Br)c2O)C(C)c2cc1c(O)c(CSC(C)(C)C)c2O. The van der Waals surface area contributed by atoms with Crippen LogP contribution in [0.15, 0.2) is 33.2 Å². The number of benzene rings is 4. The minimum Gasteiger partial charge on any atom is -0.507 e. The first-order valence-electron chi connectivity index (χ1n) is 17.8. The molecule has 8 bridgehead atoms. The van der Waals surface area contributed by atoms with E-state index in [1.165, 1.54) is 23.5 Å². The molecule has 4 unspecified atom stereocenters. The van der Waals surface area contributed by atoms with E-state index in [-0.39, 0.29) is 75.9 Å². The van der Waals surface area contributed by atoms with Gasteiger partial charge >= 0.3 is 0 Å². The number of thioether (sulfide) groups is 2. The van der Waals surface area contributed by atoms with Crippen LogP contribution in [0.5, 0.6) is 46.0 Å². The lowest BCUT2D eigenvalue weighted by Crippen LogP contribution is -2.11. The zero-order chi connectivity index (χ0) is 40.5. The van der Waals surface area contributed by atoms with Crippen LogP contribution in [-0.4, -0.2) is 50.3 Å². The summed E-state index contributed by atoms with van der Waals surface area (Å²) in [5.74, 6) is -3.75. The number of phenolic OH excluding ortho intramolecular Hbond substituents is 8. The van der Waals surface area contributed by atoms with Crippen LogP contribution < -0.4 is 0 Å². The molecular formula is C42H50Br2O8S2. The Kier molecular flexibility index (Phi) is 11.8. The van der Waals surface area contributed by atoms with Crippen LogP contribution in [0.2, 0.25) is 0 Å². The number of phenols is 8. The Balaban J connectivity index is 1.94. The Bertz CT molecular complexity index is 1870. The van der Waals surface area contributed by atoms with E-state index in [9.17, 15) is 40.9 Å². The number of hydrogen-bond donors (Lipinski definition) is 8. The van der Waals surface area contributed by atoms with E-state index in [1.807, 2.05) is 69.2 Å². The molecule has 54 heavy (non-hydrogen) atoms. The van der Waals surface area contributed by atoms with Crippen LogP contribution in [0.3, 0.4) is 0 Å². The Morgan fingerprint density at radius 1 is 0.407 bits per heavy atom. The fourth-order valence-corrected chi connectivity index (χ4v) is 9.65. The number of hydrogen-bond acceptors (Lipinski definition) is 10. The third-order valence-electron chi connectivity index (χ3n) is 10.4. The fourth-order valence-electron chi connectivity index (χ4n) is 7.03. The average molecular weight is 907 g/mol. The normalized spacial score (nSPS) is 18.9. The minimum atomic E-state index is -0.691. The van der Waals surface area contributed by atoms with Gasteiger partial charge in [-0.25, -0.2) is 0 Å². The molecule has 4 atom stereocenters. The van der Waals surface area contributed by atoms with Gasteiger partial charge in [0.05, 0.1) is 0 Å². The summed E-state index contributed by atoms with van der Waals surface area (Å²) in [7, 11) is 0. The molecule has 0 fully saturated rings. The third kappa shape index (κ3) is 7.69. The van der Waals surface area contributed by atoms with E-state index in [4.69, 9.17) is 0 Å². The van der Waals surface area contributed by atoms with Crippen molar-refractivity contribution in [3.63, 3.8) is 0 Å². The maximum absolute atomic E-state index is 11.9. The van der Waals surface area contributed by atoms with Crippen molar-refractivity contribution in [1.82, 2.24) is 0 Å². The Morgan fingerprint density at radius 3 is 0.778 bits per heavy atom. The highest BCUT2D eigenvalue weighted by Gasteiger charge is 2.34. The minimum absolute atomic E-state index is 0.0373. The Labute approximate surface area is 343 Å². The molecule has 5 rings (SSSR count). The third-order valence-corrected chi connectivity index (χ3v) is 14.5. The van der Waals surface area contributed by atoms with E-state index in [2.05, 4.69) is 31.9 Å². The summed E-state index contributed by atoms with van der Waals surface area (Å²) < 4.78 is -0.353. The van der Waals surface area contributed by atoms with Crippen molar-refractivity contribution < 1.29 is 40.9 Å². The van der Waals surface area contributed by atoms with Gasteiger partial charge in [0.15, 0.2) is 0 Å². The van der Waals surface area contributed by atoms with E-state index >= 15 is 0 Å². The first-order valence-corrected chi connectivity index (χ1v) is 21.3. The van der Waals surface area contributed by atoms with Gasteiger partial charge in [0.25, 0.3) is 0 Å².